The molecule has 5 nitrogen and oxygen atoms in total. The molecule has 1 unspecified atom stereocenters. The molecule has 0 fully saturated rings. The van der Waals surface area contributed by atoms with Gasteiger partial charge in [-0.05, 0) is 43.4 Å². The molecule has 0 amide bonds. The van der Waals surface area contributed by atoms with Crippen molar-refractivity contribution in [3.63, 3.8) is 0 Å². The van der Waals surface area contributed by atoms with Crippen molar-refractivity contribution in [2.45, 2.75) is 33.8 Å². The third-order valence-corrected chi connectivity index (χ3v) is 4.10. The van der Waals surface area contributed by atoms with Gasteiger partial charge in [-0.1, -0.05) is 43.3 Å². The Kier molecular flexibility index (Phi) is 12.5. The Morgan fingerprint density at radius 3 is 2.57 bits per heavy atom. The molecule has 0 saturated heterocycles. The number of rotatable bonds is 10. The molecule has 1 aromatic carbocycles. The first-order chi connectivity index (χ1) is 13.2. The van der Waals surface area contributed by atoms with Crippen LogP contribution < -0.4 is 10.6 Å². The van der Waals surface area contributed by atoms with Gasteiger partial charge in [-0.25, -0.2) is 0 Å². The minimum Gasteiger partial charge on any atom is -0.376 e. The minimum absolute atomic E-state index is 0. The summed E-state index contributed by atoms with van der Waals surface area (Å²) in [4.78, 5) is 9.02. The van der Waals surface area contributed by atoms with Crippen LogP contribution in [0.2, 0.25) is 0 Å². The number of aromatic nitrogens is 1. The number of aliphatic imine (C=N–C) groups is 1. The second-order valence-corrected chi connectivity index (χ2v) is 6.81. The number of nitrogens with one attached hydrogen (secondary N) is 2. The zero-order valence-electron chi connectivity index (χ0n) is 17.1. The Morgan fingerprint density at radius 1 is 1.11 bits per heavy atom. The molecule has 2 rings (SSSR count). The van der Waals surface area contributed by atoms with Crippen molar-refractivity contribution >= 4 is 29.9 Å². The van der Waals surface area contributed by atoms with Crippen LogP contribution in [0.25, 0.3) is 0 Å². The number of hydrogen-bond donors (Lipinski definition) is 2. The maximum Gasteiger partial charge on any atom is 0.191 e. The van der Waals surface area contributed by atoms with Gasteiger partial charge in [0.15, 0.2) is 5.96 Å². The Hall–Kier alpha value is -1.67. The summed E-state index contributed by atoms with van der Waals surface area (Å²) in [7, 11) is 0. The summed E-state index contributed by atoms with van der Waals surface area (Å²) in [5.74, 6) is 1.22. The van der Waals surface area contributed by atoms with Crippen molar-refractivity contribution in [3.8, 4) is 0 Å². The number of pyridine rings is 1. The predicted octanol–water partition coefficient (Wildman–Crippen LogP) is 3.96. The largest absolute Gasteiger partial charge is 0.376 e. The van der Waals surface area contributed by atoms with Gasteiger partial charge in [-0.15, -0.1) is 24.0 Å². The normalized spacial score (nSPS) is 12.2. The van der Waals surface area contributed by atoms with Crippen LogP contribution in [-0.2, 0) is 17.8 Å². The fourth-order valence-corrected chi connectivity index (χ4v) is 2.57. The summed E-state index contributed by atoms with van der Waals surface area (Å²) in [6, 6.07) is 14.4. The van der Waals surface area contributed by atoms with E-state index in [4.69, 9.17) is 4.74 Å². The number of benzene rings is 1. The maximum absolute atomic E-state index is 5.81. The number of halogens is 1. The van der Waals surface area contributed by atoms with Gasteiger partial charge in [0.25, 0.3) is 0 Å². The van der Waals surface area contributed by atoms with E-state index in [0.29, 0.717) is 19.1 Å². The highest BCUT2D eigenvalue weighted by atomic mass is 127. The summed E-state index contributed by atoms with van der Waals surface area (Å²) in [6.07, 6.45) is 2.86. The third-order valence-electron chi connectivity index (χ3n) is 4.10. The summed E-state index contributed by atoms with van der Waals surface area (Å²) in [5, 5.41) is 6.69. The standard InChI is InChI=1S/C22H32N4O.HI/c1-4-23-22(24-13-12-20-11-10-19(3)25-15-20)26-14-18(2)16-27-17-21-8-6-5-7-9-21;/h5-11,15,18H,4,12-14,16-17H2,1-3H3,(H2,23,24,26);1H. The molecule has 0 bridgehead atoms. The van der Waals surface area contributed by atoms with E-state index in [0.717, 1.165) is 37.7 Å². The molecule has 6 heteroatoms. The lowest BCUT2D eigenvalue weighted by atomic mass is 10.2. The molecule has 1 heterocycles. The maximum atomic E-state index is 5.81. The fourth-order valence-electron chi connectivity index (χ4n) is 2.57. The molecule has 28 heavy (non-hydrogen) atoms. The SMILES string of the molecule is CCNC(=NCC(C)COCc1ccccc1)NCCc1ccc(C)nc1.I. The van der Waals surface area contributed by atoms with Crippen LogP contribution in [0.3, 0.4) is 0 Å². The number of ether oxygens (including phenoxy) is 1. The van der Waals surface area contributed by atoms with E-state index < -0.39 is 0 Å². The lowest BCUT2D eigenvalue weighted by Crippen LogP contribution is -2.38. The van der Waals surface area contributed by atoms with E-state index in [1.165, 1.54) is 11.1 Å². The molecule has 0 saturated carbocycles. The van der Waals surface area contributed by atoms with Crippen molar-refractivity contribution in [2.75, 3.05) is 26.2 Å². The van der Waals surface area contributed by atoms with Gasteiger partial charge in [0, 0.05) is 31.5 Å². The van der Waals surface area contributed by atoms with E-state index in [1.807, 2.05) is 37.4 Å². The van der Waals surface area contributed by atoms with Crippen molar-refractivity contribution in [1.29, 1.82) is 0 Å². The summed E-state index contributed by atoms with van der Waals surface area (Å²) in [5.41, 5.74) is 3.48. The van der Waals surface area contributed by atoms with Gasteiger partial charge in [0.2, 0.25) is 0 Å². The average Bonchev–Trinajstić information content (AvgIpc) is 2.68. The van der Waals surface area contributed by atoms with E-state index in [-0.39, 0.29) is 24.0 Å². The topological polar surface area (TPSA) is 58.5 Å². The highest BCUT2D eigenvalue weighted by Gasteiger charge is 2.04. The van der Waals surface area contributed by atoms with Crippen LogP contribution in [0.4, 0.5) is 0 Å². The number of hydrogen-bond acceptors (Lipinski definition) is 3. The molecule has 2 aromatic rings. The van der Waals surface area contributed by atoms with Gasteiger partial charge in [0.1, 0.15) is 0 Å². The quantitative estimate of drug-likeness (QED) is 0.297. The first-order valence-corrected chi connectivity index (χ1v) is 9.72. The van der Waals surface area contributed by atoms with E-state index in [9.17, 15) is 0 Å². The molecule has 154 valence electrons. The van der Waals surface area contributed by atoms with Crippen molar-refractivity contribution in [3.05, 3.63) is 65.5 Å². The Labute approximate surface area is 186 Å². The summed E-state index contributed by atoms with van der Waals surface area (Å²) >= 11 is 0. The van der Waals surface area contributed by atoms with Gasteiger partial charge in [0.05, 0.1) is 13.2 Å². The first kappa shape index (κ1) is 24.4. The molecular formula is C22H33IN4O. The van der Waals surface area contributed by atoms with Gasteiger partial charge in [-0.2, -0.15) is 0 Å². The van der Waals surface area contributed by atoms with Gasteiger partial charge < -0.3 is 15.4 Å². The lowest BCUT2D eigenvalue weighted by Gasteiger charge is -2.14. The molecule has 1 aromatic heterocycles. The van der Waals surface area contributed by atoms with E-state index in [1.54, 1.807) is 0 Å². The summed E-state index contributed by atoms with van der Waals surface area (Å²) < 4.78 is 5.81. The summed E-state index contributed by atoms with van der Waals surface area (Å²) in [6.45, 7) is 10.00. The first-order valence-electron chi connectivity index (χ1n) is 9.72. The van der Waals surface area contributed by atoms with Crippen molar-refractivity contribution in [1.82, 2.24) is 15.6 Å². The third kappa shape index (κ3) is 10.0. The Morgan fingerprint density at radius 2 is 1.89 bits per heavy atom. The van der Waals surface area contributed by atoms with Crippen LogP contribution in [0.15, 0.2) is 53.7 Å². The van der Waals surface area contributed by atoms with Gasteiger partial charge >= 0.3 is 0 Å². The number of nitrogens with zero attached hydrogens (tertiary/aromatic N) is 2. The van der Waals surface area contributed by atoms with Crippen LogP contribution in [0.5, 0.6) is 0 Å². The number of aryl methyl sites for hydroxylation is 1. The van der Waals surface area contributed by atoms with Crippen molar-refractivity contribution in [2.24, 2.45) is 10.9 Å². The van der Waals surface area contributed by atoms with Crippen LogP contribution >= 0.6 is 24.0 Å². The second-order valence-electron chi connectivity index (χ2n) is 6.81. The Bertz CT molecular complexity index is 677. The molecular weight excluding hydrogens is 463 g/mol. The lowest BCUT2D eigenvalue weighted by molar-refractivity contribution is 0.0945. The molecule has 1 atom stereocenters. The molecule has 0 spiro atoms. The van der Waals surface area contributed by atoms with Gasteiger partial charge in [-0.3, -0.25) is 9.98 Å². The zero-order valence-corrected chi connectivity index (χ0v) is 19.5. The number of guanidine groups is 1. The molecule has 0 aliphatic carbocycles. The average molecular weight is 496 g/mol. The highest BCUT2D eigenvalue weighted by Crippen LogP contribution is 2.04. The molecule has 2 N–H and O–H groups in total. The highest BCUT2D eigenvalue weighted by molar-refractivity contribution is 14.0. The fraction of sp³-hybridized carbons (Fsp3) is 0.455. The predicted molar refractivity (Wildman–Crippen MR) is 127 cm³/mol. The van der Waals surface area contributed by atoms with Crippen molar-refractivity contribution < 1.29 is 4.74 Å². The van der Waals surface area contributed by atoms with Crippen LogP contribution in [0.1, 0.15) is 30.7 Å². The second kappa shape index (κ2) is 14.3. The van der Waals surface area contributed by atoms with E-state index >= 15 is 0 Å². The van der Waals surface area contributed by atoms with E-state index in [2.05, 4.69) is 52.7 Å². The molecule has 0 aliphatic rings. The molecule has 0 radical (unpaired) electrons. The zero-order chi connectivity index (χ0) is 19.3. The minimum atomic E-state index is 0. The molecule has 0 aliphatic heterocycles. The monoisotopic (exact) mass is 496 g/mol. The van der Waals surface area contributed by atoms with Crippen LogP contribution in [0, 0.1) is 12.8 Å². The van der Waals surface area contributed by atoms with Crippen LogP contribution in [-0.4, -0.2) is 37.2 Å². The smallest absolute Gasteiger partial charge is 0.191 e. The Balaban J connectivity index is 0.00000392.